The van der Waals surface area contributed by atoms with Crippen molar-refractivity contribution in [1.82, 2.24) is 0 Å². The summed E-state index contributed by atoms with van der Waals surface area (Å²) in [4.78, 5) is 0. The maximum absolute atomic E-state index is 8.64. The van der Waals surface area contributed by atoms with Crippen molar-refractivity contribution in [1.29, 1.82) is 5.26 Å². The lowest BCUT2D eigenvalue weighted by Gasteiger charge is -2.09. The summed E-state index contributed by atoms with van der Waals surface area (Å²) in [5.74, 6) is 0. The molecule has 0 amide bonds. The van der Waals surface area contributed by atoms with Crippen LogP contribution in [0, 0.1) is 11.3 Å². The number of hydrogen-bond donors (Lipinski definition) is 3. The number of nitrogens with two attached hydrogens (primary N) is 1. The number of anilines is 2. The van der Waals surface area contributed by atoms with Gasteiger partial charge in [-0.05, 0) is 23.8 Å². The molecule has 0 heterocycles. The SMILES string of the molecule is N#CCc1cc(NCCOCCO)ccc1N. The van der Waals surface area contributed by atoms with E-state index >= 15 is 0 Å². The lowest BCUT2D eigenvalue weighted by atomic mass is 10.1. The highest BCUT2D eigenvalue weighted by Crippen LogP contribution is 2.17. The van der Waals surface area contributed by atoms with Crippen LogP contribution in [0.4, 0.5) is 11.4 Å². The summed E-state index contributed by atoms with van der Waals surface area (Å²) < 4.78 is 5.12. The molecule has 92 valence electrons. The monoisotopic (exact) mass is 235 g/mol. The fraction of sp³-hybridized carbons (Fsp3) is 0.417. The highest BCUT2D eigenvalue weighted by atomic mass is 16.5. The van der Waals surface area contributed by atoms with E-state index in [4.69, 9.17) is 20.8 Å². The first kappa shape index (κ1) is 13.3. The van der Waals surface area contributed by atoms with Crippen LogP contribution in [0.2, 0.25) is 0 Å². The normalized spacial score (nSPS) is 9.88. The Kier molecular flexibility index (Phi) is 5.86. The maximum atomic E-state index is 8.64. The van der Waals surface area contributed by atoms with E-state index < -0.39 is 0 Å². The molecule has 0 saturated heterocycles. The Bertz CT molecular complexity index is 388. The van der Waals surface area contributed by atoms with E-state index in [1.807, 2.05) is 12.1 Å². The smallest absolute Gasteiger partial charge is 0.0698 e. The minimum absolute atomic E-state index is 0.0359. The third-order valence-corrected chi connectivity index (χ3v) is 2.22. The highest BCUT2D eigenvalue weighted by Gasteiger charge is 2.00. The van der Waals surface area contributed by atoms with E-state index in [0.717, 1.165) is 11.3 Å². The molecule has 0 radical (unpaired) electrons. The number of aliphatic hydroxyl groups excluding tert-OH is 1. The van der Waals surface area contributed by atoms with Gasteiger partial charge >= 0.3 is 0 Å². The van der Waals surface area contributed by atoms with Gasteiger partial charge in [-0.3, -0.25) is 0 Å². The Morgan fingerprint density at radius 1 is 1.41 bits per heavy atom. The van der Waals surface area contributed by atoms with Crippen molar-refractivity contribution in [3.05, 3.63) is 23.8 Å². The lowest BCUT2D eigenvalue weighted by molar-refractivity contribution is 0.0992. The third kappa shape index (κ3) is 4.72. The average Bonchev–Trinajstić information content (AvgIpc) is 2.33. The van der Waals surface area contributed by atoms with Crippen molar-refractivity contribution < 1.29 is 9.84 Å². The van der Waals surface area contributed by atoms with Crippen molar-refractivity contribution in [2.75, 3.05) is 37.4 Å². The fourth-order valence-corrected chi connectivity index (χ4v) is 1.39. The van der Waals surface area contributed by atoms with Gasteiger partial charge in [0.2, 0.25) is 0 Å². The lowest BCUT2D eigenvalue weighted by Crippen LogP contribution is -2.11. The van der Waals surface area contributed by atoms with Crippen LogP contribution in [0.1, 0.15) is 5.56 Å². The number of nitrogen functional groups attached to an aromatic ring is 1. The second-order valence-electron chi connectivity index (χ2n) is 3.51. The molecule has 0 aliphatic carbocycles. The van der Waals surface area contributed by atoms with Gasteiger partial charge in [-0.25, -0.2) is 0 Å². The molecule has 5 heteroatoms. The van der Waals surface area contributed by atoms with Crippen molar-refractivity contribution in [3.8, 4) is 6.07 Å². The van der Waals surface area contributed by atoms with Crippen molar-refractivity contribution in [2.24, 2.45) is 0 Å². The van der Waals surface area contributed by atoms with Crippen molar-refractivity contribution in [2.45, 2.75) is 6.42 Å². The second kappa shape index (κ2) is 7.49. The summed E-state index contributed by atoms with van der Waals surface area (Å²) in [5, 5.41) is 20.3. The van der Waals surface area contributed by atoms with Gasteiger partial charge in [0.1, 0.15) is 0 Å². The molecule has 0 aliphatic rings. The van der Waals surface area contributed by atoms with Crippen LogP contribution < -0.4 is 11.1 Å². The zero-order chi connectivity index (χ0) is 12.5. The molecule has 1 rings (SSSR count). The molecule has 0 spiro atoms. The number of benzene rings is 1. The summed E-state index contributed by atoms with van der Waals surface area (Å²) in [6, 6.07) is 7.59. The molecule has 0 saturated carbocycles. The van der Waals surface area contributed by atoms with Crippen LogP contribution in [0.5, 0.6) is 0 Å². The number of aliphatic hydroxyl groups is 1. The predicted molar refractivity (Wildman–Crippen MR) is 66.6 cm³/mol. The standard InChI is InChI=1S/C12H17N3O2/c13-4-3-10-9-11(1-2-12(10)14)15-5-7-17-8-6-16/h1-2,9,15-16H,3,5-8,14H2. The quantitative estimate of drug-likeness (QED) is 0.479. The molecule has 0 fully saturated rings. The first-order chi connectivity index (χ1) is 8.27. The van der Waals surface area contributed by atoms with Gasteiger partial charge in [-0.2, -0.15) is 5.26 Å². The minimum Gasteiger partial charge on any atom is -0.398 e. The van der Waals surface area contributed by atoms with Crippen LogP contribution in [0.25, 0.3) is 0 Å². The van der Waals surface area contributed by atoms with E-state index in [0.29, 0.717) is 31.9 Å². The van der Waals surface area contributed by atoms with Crippen LogP contribution in [-0.4, -0.2) is 31.5 Å². The Balaban J connectivity index is 2.43. The molecule has 0 aromatic heterocycles. The zero-order valence-corrected chi connectivity index (χ0v) is 9.65. The average molecular weight is 235 g/mol. The summed E-state index contributed by atoms with van der Waals surface area (Å²) in [5.41, 5.74) is 8.11. The Morgan fingerprint density at radius 3 is 2.94 bits per heavy atom. The summed E-state index contributed by atoms with van der Waals surface area (Å²) in [6.45, 7) is 1.56. The summed E-state index contributed by atoms with van der Waals surface area (Å²) in [6.07, 6.45) is 0.308. The molecule has 0 unspecified atom stereocenters. The van der Waals surface area contributed by atoms with Gasteiger partial charge < -0.3 is 20.9 Å². The van der Waals surface area contributed by atoms with Gasteiger partial charge in [-0.1, -0.05) is 0 Å². The predicted octanol–water partition coefficient (Wildman–Crippen LogP) is 0.756. The van der Waals surface area contributed by atoms with Gasteiger partial charge in [0, 0.05) is 17.9 Å². The fourth-order valence-electron chi connectivity index (χ4n) is 1.39. The number of rotatable bonds is 7. The van der Waals surface area contributed by atoms with Gasteiger partial charge in [0.15, 0.2) is 0 Å². The molecule has 4 N–H and O–H groups in total. The van der Waals surface area contributed by atoms with Gasteiger partial charge in [-0.15, -0.1) is 0 Å². The molecular weight excluding hydrogens is 218 g/mol. The van der Waals surface area contributed by atoms with E-state index in [2.05, 4.69) is 11.4 Å². The number of nitrogens with one attached hydrogen (secondary N) is 1. The molecule has 1 aromatic rings. The number of ether oxygens (including phenoxy) is 1. The molecule has 17 heavy (non-hydrogen) atoms. The van der Waals surface area contributed by atoms with E-state index in [-0.39, 0.29) is 6.61 Å². The Morgan fingerprint density at radius 2 is 2.24 bits per heavy atom. The van der Waals surface area contributed by atoms with Crippen LogP contribution in [-0.2, 0) is 11.2 Å². The van der Waals surface area contributed by atoms with Crippen LogP contribution in [0.15, 0.2) is 18.2 Å². The number of nitrogens with zero attached hydrogens (tertiary/aromatic N) is 1. The van der Waals surface area contributed by atoms with Gasteiger partial charge in [0.25, 0.3) is 0 Å². The van der Waals surface area contributed by atoms with Crippen LogP contribution in [0.3, 0.4) is 0 Å². The zero-order valence-electron chi connectivity index (χ0n) is 9.65. The molecule has 0 atom stereocenters. The highest BCUT2D eigenvalue weighted by molar-refractivity contribution is 5.57. The summed E-state index contributed by atoms with van der Waals surface area (Å²) in [7, 11) is 0. The Hall–Kier alpha value is -1.77. The topological polar surface area (TPSA) is 91.3 Å². The van der Waals surface area contributed by atoms with Crippen molar-refractivity contribution >= 4 is 11.4 Å². The van der Waals surface area contributed by atoms with Crippen molar-refractivity contribution in [3.63, 3.8) is 0 Å². The number of hydrogen-bond acceptors (Lipinski definition) is 5. The molecule has 0 bridgehead atoms. The molecule has 0 aliphatic heterocycles. The summed E-state index contributed by atoms with van der Waals surface area (Å²) >= 11 is 0. The maximum Gasteiger partial charge on any atom is 0.0698 e. The van der Waals surface area contributed by atoms with Crippen LogP contribution >= 0.6 is 0 Å². The molecular formula is C12H17N3O2. The number of nitriles is 1. The molecule has 5 nitrogen and oxygen atoms in total. The van der Waals surface area contributed by atoms with Gasteiger partial charge in [0.05, 0.1) is 32.3 Å². The van der Waals surface area contributed by atoms with E-state index in [1.54, 1.807) is 6.07 Å². The first-order valence-electron chi connectivity index (χ1n) is 5.45. The first-order valence-corrected chi connectivity index (χ1v) is 5.45. The Labute approximate surface area is 101 Å². The minimum atomic E-state index is 0.0359. The second-order valence-corrected chi connectivity index (χ2v) is 3.51. The third-order valence-electron chi connectivity index (χ3n) is 2.22. The molecule has 1 aromatic carbocycles. The van der Waals surface area contributed by atoms with E-state index in [9.17, 15) is 0 Å². The van der Waals surface area contributed by atoms with E-state index in [1.165, 1.54) is 0 Å². The largest absolute Gasteiger partial charge is 0.398 e.